The first kappa shape index (κ1) is 13.7. The second-order valence-electron chi connectivity index (χ2n) is 4.53. The average molecular weight is 278 g/mol. The van der Waals surface area contributed by atoms with Crippen molar-refractivity contribution < 1.29 is 22.7 Å². The molecule has 1 atom stereocenters. The maximum Gasteiger partial charge on any atom is 0.308 e. The topological polar surface area (TPSA) is 84.9 Å². The van der Waals surface area contributed by atoms with Crippen molar-refractivity contribution in [2.75, 3.05) is 26.8 Å². The lowest BCUT2D eigenvalue weighted by Crippen LogP contribution is -2.50. The number of hydrogen-bond acceptors (Lipinski definition) is 5. The van der Waals surface area contributed by atoms with Gasteiger partial charge in [-0.15, -0.1) is 0 Å². The Labute approximate surface area is 107 Å². The maximum absolute atomic E-state index is 12.0. The van der Waals surface area contributed by atoms with Gasteiger partial charge >= 0.3 is 5.97 Å². The third-order valence-corrected chi connectivity index (χ3v) is 4.60. The second-order valence-corrected chi connectivity index (χ2v) is 6.23. The smallest absolute Gasteiger partial charge is 0.308 e. The Morgan fingerprint density at radius 1 is 1.50 bits per heavy atom. The van der Waals surface area contributed by atoms with Crippen LogP contribution in [0.1, 0.15) is 19.3 Å². The minimum absolute atomic E-state index is 0.0753. The van der Waals surface area contributed by atoms with E-state index in [-0.39, 0.29) is 19.0 Å². The van der Waals surface area contributed by atoms with Gasteiger partial charge in [0.2, 0.25) is 0 Å². The van der Waals surface area contributed by atoms with Crippen molar-refractivity contribution in [2.45, 2.75) is 31.4 Å². The predicted octanol–water partition coefficient (Wildman–Crippen LogP) is -0.753. The van der Waals surface area contributed by atoms with E-state index < -0.39 is 22.3 Å². The molecular weight excluding hydrogens is 260 g/mol. The quantitative estimate of drug-likeness (QED) is 0.669. The molecule has 1 saturated carbocycles. The third-order valence-electron chi connectivity index (χ3n) is 2.96. The Hall–Kier alpha value is -0.700. The molecule has 7 nitrogen and oxygen atoms in total. The van der Waals surface area contributed by atoms with Gasteiger partial charge in [-0.3, -0.25) is 4.79 Å². The van der Waals surface area contributed by atoms with E-state index in [0.29, 0.717) is 13.2 Å². The Kier molecular flexibility index (Phi) is 4.21. The van der Waals surface area contributed by atoms with E-state index in [2.05, 4.69) is 9.46 Å². The highest BCUT2D eigenvalue weighted by atomic mass is 32.2. The zero-order valence-electron chi connectivity index (χ0n) is 10.3. The minimum atomic E-state index is -3.44. The molecule has 1 aliphatic carbocycles. The van der Waals surface area contributed by atoms with E-state index >= 15 is 0 Å². The number of nitrogens with zero attached hydrogens (tertiary/aromatic N) is 1. The van der Waals surface area contributed by atoms with Crippen molar-refractivity contribution in [1.29, 1.82) is 0 Å². The standard InChI is InChI=1S/C10H18N2O5S/c1-16-10(13)6-9-7-12(4-5-17-9)18(14,15)11-8-2-3-8/h8-9,11H,2-7H2,1H3. The van der Waals surface area contributed by atoms with Crippen LogP contribution in [0.2, 0.25) is 0 Å². The molecule has 1 saturated heterocycles. The van der Waals surface area contributed by atoms with Crippen LogP contribution in [0.3, 0.4) is 0 Å². The third kappa shape index (κ3) is 3.64. The highest BCUT2D eigenvalue weighted by molar-refractivity contribution is 7.87. The van der Waals surface area contributed by atoms with Crippen LogP contribution < -0.4 is 4.72 Å². The lowest BCUT2D eigenvalue weighted by molar-refractivity contribution is -0.145. The molecule has 1 N–H and O–H groups in total. The molecule has 0 bridgehead atoms. The summed E-state index contributed by atoms with van der Waals surface area (Å²) in [4.78, 5) is 11.1. The Bertz CT molecular complexity index is 406. The fourth-order valence-electron chi connectivity index (χ4n) is 1.79. The Balaban J connectivity index is 1.90. The van der Waals surface area contributed by atoms with Gasteiger partial charge in [0.25, 0.3) is 10.2 Å². The van der Waals surface area contributed by atoms with E-state index in [0.717, 1.165) is 12.8 Å². The zero-order valence-corrected chi connectivity index (χ0v) is 11.1. The van der Waals surface area contributed by atoms with Crippen LogP contribution in [0.5, 0.6) is 0 Å². The first-order valence-corrected chi connectivity index (χ1v) is 7.41. The van der Waals surface area contributed by atoms with Crippen LogP contribution in [-0.2, 0) is 24.5 Å². The van der Waals surface area contributed by atoms with Crippen molar-refractivity contribution in [3.05, 3.63) is 0 Å². The minimum Gasteiger partial charge on any atom is -0.469 e. The van der Waals surface area contributed by atoms with E-state index in [1.165, 1.54) is 11.4 Å². The zero-order chi connectivity index (χ0) is 13.2. The summed E-state index contributed by atoms with van der Waals surface area (Å²) < 4.78 is 37.8. The second kappa shape index (κ2) is 5.52. The molecule has 2 fully saturated rings. The largest absolute Gasteiger partial charge is 0.469 e. The van der Waals surface area contributed by atoms with Gasteiger partial charge in [0.1, 0.15) is 0 Å². The van der Waals surface area contributed by atoms with Crippen LogP contribution >= 0.6 is 0 Å². The number of methoxy groups -OCH3 is 1. The molecule has 0 aromatic carbocycles. The van der Waals surface area contributed by atoms with Crippen LogP contribution in [-0.4, -0.2) is 57.6 Å². The fraction of sp³-hybridized carbons (Fsp3) is 0.900. The Morgan fingerprint density at radius 3 is 2.83 bits per heavy atom. The number of nitrogens with one attached hydrogen (secondary N) is 1. The summed E-state index contributed by atoms with van der Waals surface area (Å²) in [6, 6.07) is 0.0805. The first-order valence-electron chi connectivity index (χ1n) is 5.97. The van der Waals surface area contributed by atoms with E-state index in [1.807, 2.05) is 0 Å². The summed E-state index contributed by atoms with van der Waals surface area (Å²) in [6.45, 7) is 0.810. The first-order chi connectivity index (χ1) is 8.51. The number of esters is 1. The van der Waals surface area contributed by atoms with Crippen molar-refractivity contribution in [3.63, 3.8) is 0 Å². The molecule has 0 spiro atoms. The monoisotopic (exact) mass is 278 g/mol. The summed E-state index contributed by atoms with van der Waals surface area (Å²) in [5, 5.41) is 0. The lowest BCUT2D eigenvalue weighted by Gasteiger charge is -2.31. The van der Waals surface area contributed by atoms with Crippen molar-refractivity contribution >= 4 is 16.2 Å². The SMILES string of the molecule is COC(=O)CC1CN(S(=O)(=O)NC2CC2)CCO1. The molecule has 1 unspecified atom stereocenters. The fourth-order valence-corrected chi connectivity index (χ4v) is 3.27. The summed E-state index contributed by atoms with van der Waals surface area (Å²) in [6.07, 6.45) is 1.44. The molecule has 8 heteroatoms. The highest BCUT2D eigenvalue weighted by Crippen LogP contribution is 2.21. The van der Waals surface area contributed by atoms with Gasteiger partial charge in [0.05, 0.1) is 26.2 Å². The van der Waals surface area contributed by atoms with Crippen LogP contribution in [0.4, 0.5) is 0 Å². The molecule has 1 aliphatic heterocycles. The van der Waals surface area contributed by atoms with Crippen molar-refractivity contribution in [1.82, 2.24) is 9.03 Å². The number of rotatable bonds is 5. The van der Waals surface area contributed by atoms with Crippen molar-refractivity contribution in [2.24, 2.45) is 0 Å². The summed E-state index contributed by atoms with van der Waals surface area (Å²) >= 11 is 0. The number of ether oxygens (including phenoxy) is 2. The van der Waals surface area contributed by atoms with Gasteiger partial charge in [-0.05, 0) is 12.8 Å². The molecule has 0 radical (unpaired) electrons. The van der Waals surface area contributed by atoms with Gasteiger partial charge in [0, 0.05) is 19.1 Å². The summed E-state index contributed by atoms with van der Waals surface area (Å²) in [5.41, 5.74) is 0. The van der Waals surface area contributed by atoms with Gasteiger partial charge in [-0.1, -0.05) is 0 Å². The van der Waals surface area contributed by atoms with Gasteiger partial charge in [-0.25, -0.2) is 0 Å². The predicted molar refractivity (Wildman–Crippen MR) is 63.0 cm³/mol. The molecular formula is C10H18N2O5S. The van der Waals surface area contributed by atoms with Gasteiger partial charge in [-0.2, -0.15) is 17.4 Å². The molecule has 0 amide bonds. The number of hydrogen-bond donors (Lipinski definition) is 1. The number of carbonyl (C=O) groups excluding carboxylic acids is 1. The normalized spacial score (nSPS) is 25.9. The summed E-state index contributed by atoms with van der Waals surface area (Å²) in [7, 11) is -2.14. The van der Waals surface area contributed by atoms with Gasteiger partial charge < -0.3 is 9.47 Å². The molecule has 1 heterocycles. The van der Waals surface area contributed by atoms with Gasteiger partial charge in [0.15, 0.2) is 0 Å². The number of morpholine rings is 1. The number of carbonyl (C=O) groups is 1. The van der Waals surface area contributed by atoms with E-state index in [9.17, 15) is 13.2 Å². The summed E-state index contributed by atoms with van der Waals surface area (Å²) in [5.74, 6) is -0.394. The van der Waals surface area contributed by atoms with E-state index in [4.69, 9.17) is 4.74 Å². The van der Waals surface area contributed by atoms with Crippen LogP contribution in [0, 0.1) is 0 Å². The molecule has 18 heavy (non-hydrogen) atoms. The molecule has 2 aliphatic rings. The molecule has 104 valence electrons. The van der Waals surface area contributed by atoms with Crippen LogP contribution in [0.25, 0.3) is 0 Å². The van der Waals surface area contributed by atoms with Crippen LogP contribution in [0.15, 0.2) is 0 Å². The lowest BCUT2D eigenvalue weighted by atomic mass is 10.2. The molecule has 2 rings (SSSR count). The molecule has 0 aromatic rings. The van der Waals surface area contributed by atoms with E-state index in [1.54, 1.807) is 0 Å². The molecule has 0 aromatic heterocycles. The highest BCUT2D eigenvalue weighted by Gasteiger charge is 2.34. The Morgan fingerprint density at radius 2 is 2.22 bits per heavy atom. The average Bonchev–Trinajstić information content (AvgIpc) is 3.12. The maximum atomic E-state index is 12.0. The van der Waals surface area contributed by atoms with Crippen molar-refractivity contribution in [3.8, 4) is 0 Å².